The number of alkyl halides is 2. The van der Waals surface area contributed by atoms with Crippen molar-refractivity contribution < 1.29 is 41.4 Å². The molecule has 1 aliphatic carbocycles. The highest BCUT2D eigenvalue weighted by molar-refractivity contribution is 14.1. The first kappa shape index (κ1) is 26.7. The largest absolute Gasteiger partial charge is 0.504 e. The second-order valence-electron chi connectivity index (χ2n) is 7.98. The molecule has 3 atom stereocenters. The molecule has 2 amide bonds. The van der Waals surface area contributed by atoms with Gasteiger partial charge in [-0.1, -0.05) is 18.7 Å². The van der Waals surface area contributed by atoms with Gasteiger partial charge in [0.05, 0.1) is 10.7 Å². The zero-order valence-corrected chi connectivity index (χ0v) is 21.6. The molecule has 0 spiro atoms. The Morgan fingerprint density at radius 3 is 2.17 bits per heavy atom. The van der Waals surface area contributed by atoms with Crippen LogP contribution in [0.15, 0.2) is 36.4 Å². The predicted molar refractivity (Wildman–Crippen MR) is 129 cm³/mol. The number of fused-ring (bicyclic) bond motifs is 1. The number of nitrogens with zero attached hydrogens (tertiary/aromatic N) is 1. The number of phenols is 1. The Hall–Kier alpha value is -2.38. The lowest BCUT2D eigenvalue weighted by atomic mass is 9.68. The quantitative estimate of drug-likeness (QED) is 0.112. The smallest absolute Gasteiger partial charge is 0.258 e. The number of amides is 2. The number of imide groups is 1. The normalized spacial score (nSPS) is 25.6. The van der Waals surface area contributed by atoms with Crippen LogP contribution in [0.5, 0.6) is 11.5 Å². The lowest BCUT2D eigenvalue weighted by Crippen LogP contribution is -2.54. The summed E-state index contributed by atoms with van der Waals surface area (Å²) in [5, 5.41) is 10.2. The molecule has 1 heterocycles. The van der Waals surface area contributed by atoms with Crippen LogP contribution < -0.4 is 9.64 Å². The number of allylic oxidation sites excluding steroid dienone is 3. The van der Waals surface area contributed by atoms with Gasteiger partial charge in [-0.15, -0.1) is 23.2 Å². The summed E-state index contributed by atoms with van der Waals surface area (Å²) in [6, 6.07) is 2.72. The van der Waals surface area contributed by atoms with Gasteiger partial charge in [0.25, 0.3) is 11.8 Å². The number of methoxy groups -OCH3 is 1. The van der Waals surface area contributed by atoms with Crippen molar-refractivity contribution in [1.82, 2.24) is 0 Å². The summed E-state index contributed by atoms with van der Waals surface area (Å²) < 4.78 is 76.3. The summed E-state index contributed by atoms with van der Waals surface area (Å²) in [4.78, 5) is 22.0. The van der Waals surface area contributed by atoms with Gasteiger partial charge >= 0.3 is 0 Å². The van der Waals surface area contributed by atoms with Crippen LogP contribution >= 0.6 is 45.8 Å². The highest BCUT2D eigenvalue weighted by Gasteiger charge is 2.73. The number of aromatic hydroxyl groups is 1. The standard InChI is InChI=1S/C23H13Cl2F5INO4/c1-3-8-4-5-22(24)20(34)32(18-16(29)14(27)13(26)15(28)17(18)30)21(35)23(22,25)12(8)9-6-10(31)19(33)11(7-9)36-2/h3-4,6-7,12,33H,1,5H2,2H3. The topological polar surface area (TPSA) is 66.8 Å². The van der Waals surface area contributed by atoms with Crippen LogP contribution in [-0.2, 0) is 9.59 Å². The maximum Gasteiger partial charge on any atom is 0.258 e. The number of halogens is 8. The highest BCUT2D eigenvalue weighted by atomic mass is 127. The van der Waals surface area contributed by atoms with Gasteiger partial charge in [-0.25, -0.2) is 26.9 Å². The molecule has 2 aromatic rings. The maximum atomic E-state index is 14.7. The van der Waals surface area contributed by atoms with E-state index in [-0.39, 0.29) is 31.1 Å². The Morgan fingerprint density at radius 2 is 1.64 bits per heavy atom. The summed E-state index contributed by atoms with van der Waals surface area (Å²) in [5.74, 6) is -16.5. The molecule has 0 radical (unpaired) electrons. The van der Waals surface area contributed by atoms with Crippen molar-refractivity contribution in [3.8, 4) is 11.5 Å². The van der Waals surface area contributed by atoms with Crippen LogP contribution in [0.1, 0.15) is 17.9 Å². The molecule has 3 unspecified atom stereocenters. The van der Waals surface area contributed by atoms with Crippen molar-refractivity contribution in [1.29, 1.82) is 0 Å². The minimum absolute atomic E-state index is 0.0280. The average Bonchev–Trinajstić information content (AvgIpc) is 3.00. The monoisotopic (exact) mass is 659 g/mol. The van der Waals surface area contributed by atoms with Crippen LogP contribution in [-0.4, -0.2) is 33.8 Å². The number of carbonyl (C=O) groups is 2. The van der Waals surface area contributed by atoms with Gasteiger partial charge < -0.3 is 9.84 Å². The molecular formula is C23H13Cl2F5INO4. The average molecular weight is 660 g/mol. The van der Waals surface area contributed by atoms with E-state index < -0.39 is 68.7 Å². The van der Waals surface area contributed by atoms with Gasteiger partial charge in [-0.05, 0) is 52.3 Å². The lowest BCUT2D eigenvalue weighted by Gasteiger charge is -2.42. The van der Waals surface area contributed by atoms with E-state index in [0.717, 1.165) is 0 Å². The Bertz CT molecular complexity index is 1370. The number of hydrogen-bond acceptors (Lipinski definition) is 4. The molecule has 190 valence electrons. The van der Waals surface area contributed by atoms with Crippen molar-refractivity contribution >= 4 is 63.3 Å². The second kappa shape index (κ2) is 8.88. The van der Waals surface area contributed by atoms with E-state index in [4.69, 9.17) is 27.9 Å². The molecule has 0 aromatic heterocycles. The molecular weight excluding hydrogens is 647 g/mol. The van der Waals surface area contributed by atoms with Gasteiger partial charge in [-0.2, -0.15) is 0 Å². The van der Waals surface area contributed by atoms with Crippen LogP contribution in [0.4, 0.5) is 27.6 Å². The summed E-state index contributed by atoms with van der Waals surface area (Å²) in [5.41, 5.74) is -1.31. The van der Waals surface area contributed by atoms with E-state index in [1.165, 1.54) is 31.4 Å². The number of ether oxygens (including phenoxy) is 1. The minimum atomic E-state index is -2.50. The molecule has 0 saturated carbocycles. The van der Waals surface area contributed by atoms with E-state index >= 15 is 0 Å². The number of benzene rings is 2. The molecule has 2 aromatic carbocycles. The van der Waals surface area contributed by atoms with Crippen molar-refractivity contribution in [3.63, 3.8) is 0 Å². The number of anilines is 1. The van der Waals surface area contributed by atoms with E-state index in [2.05, 4.69) is 6.58 Å². The molecule has 0 bridgehead atoms. The molecule has 1 N–H and O–H groups in total. The zero-order valence-electron chi connectivity index (χ0n) is 17.9. The molecule has 1 saturated heterocycles. The molecule has 4 rings (SSSR count). The first-order valence-corrected chi connectivity index (χ1v) is 11.8. The van der Waals surface area contributed by atoms with E-state index in [0.29, 0.717) is 0 Å². The van der Waals surface area contributed by atoms with Crippen LogP contribution in [0.2, 0.25) is 0 Å². The van der Waals surface area contributed by atoms with Crippen LogP contribution in [0, 0.1) is 32.7 Å². The van der Waals surface area contributed by atoms with Gasteiger partial charge in [0.2, 0.25) is 5.82 Å². The Morgan fingerprint density at radius 1 is 1.08 bits per heavy atom. The van der Waals surface area contributed by atoms with E-state index in [1.807, 2.05) is 0 Å². The SMILES string of the molecule is C=CC1=CCC2(Cl)C(=O)N(c3c(F)c(F)c(F)c(F)c3F)C(=O)C2(Cl)C1c1cc(I)c(O)c(OC)c1. The molecule has 1 fully saturated rings. The van der Waals surface area contributed by atoms with Crippen molar-refractivity contribution in [2.75, 3.05) is 12.0 Å². The molecule has 1 aliphatic heterocycles. The van der Waals surface area contributed by atoms with Gasteiger partial charge in [0.15, 0.2) is 44.5 Å². The third kappa shape index (κ3) is 3.31. The predicted octanol–water partition coefficient (Wildman–Crippen LogP) is 5.83. The second-order valence-corrected chi connectivity index (χ2v) is 10.4. The Labute approximate surface area is 224 Å². The summed E-state index contributed by atoms with van der Waals surface area (Å²) >= 11 is 15.2. The number of carbonyl (C=O) groups excluding carboxylic acids is 2. The number of rotatable bonds is 4. The Balaban J connectivity index is 2.01. The third-order valence-corrected chi connectivity index (χ3v) is 8.47. The highest BCUT2D eigenvalue weighted by Crippen LogP contribution is 2.60. The maximum absolute atomic E-state index is 14.7. The van der Waals surface area contributed by atoms with Gasteiger partial charge in [0, 0.05) is 5.92 Å². The van der Waals surface area contributed by atoms with Gasteiger partial charge in [-0.3, -0.25) is 9.59 Å². The molecule has 13 heteroatoms. The van der Waals surface area contributed by atoms with E-state index in [9.17, 15) is 36.6 Å². The summed E-state index contributed by atoms with van der Waals surface area (Å²) in [7, 11) is 1.26. The van der Waals surface area contributed by atoms with E-state index in [1.54, 1.807) is 22.6 Å². The number of phenolic OH excluding ortho intramolecular Hbond substituents is 1. The van der Waals surface area contributed by atoms with Crippen LogP contribution in [0.3, 0.4) is 0 Å². The molecule has 5 nitrogen and oxygen atoms in total. The molecule has 36 heavy (non-hydrogen) atoms. The first-order chi connectivity index (χ1) is 16.8. The Kier molecular flexibility index (Phi) is 6.58. The van der Waals surface area contributed by atoms with Crippen molar-refractivity contribution in [3.05, 3.63) is 74.7 Å². The fraction of sp³-hybridized carbons (Fsp3) is 0.217. The lowest BCUT2D eigenvalue weighted by molar-refractivity contribution is -0.122. The third-order valence-electron chi connectivity index (χ3n) is 6.23. The van der Waals surface area contributed by atoms with Gasteiger partial charge in [0.1, 0.15) is 5.69 Å². The van der Waals surface area contributed by atoms with Crippen LogP contribution in [0.25, 0.3) is 0 Å². The van der Waals surface area contributed by atoms with Crippen molar-refractivity contribution in [2.24, 2.45) is 0 Å². The summed E-state index contributed by atoms with van der Waals surface area (Å²) in [6.45, 7) is 3.67. The number of hydrogen-bond donors (Lipinski definition) is 1. The fourth-order valence-electron chi connectivity index (χ4n) is 4.48. The minimum Gasteiger partial charge on any atom is -0.504 e. The zero-order chi connectivity index (χ0) is 26.9. The summed E-state index contributed by atoms with van der Waals surface area (Å²) in [6.07, 6.45) is 2.31. The fourth-order valence-corrected chi connectivity index (χ4v) is 5.95. The molecule has 2 aliphatic rings. The van der Waals surface area contributed by atoms with Crippen molar-refractivity contribution in [2.45, 2.75) is 22.1 Å². The first-order valence-electron chi connectivity index (χ1n) is 9.95.